The maximum absolute atomic E-state index is 11.9. The van der Waals surface area contributed by atoms with Gasteiger partial charge in [0, 0.05) is 24.5 Å². The summed E-state index contributed by atoms with van der Waals surface area (Å²) in [7, 11) is 0. The van der Waals surface area contributed by atoms with Crippen molar-refractivity contribution in [3.8, 4) is 0 Å². The number of thiol groups is 1. The number of nitrogens with zero attached hydrogens (tertiary/aromatic N) is 2. The molecule has 92 valence electrons. The summed E-state index contributed by atoms with van der Waals surface area (Å²) in [6, 6.07) is 10.0. The van der Waals surface area contributed by atoms with Crippen LogP contribution in [0.25, 0.3) is 10.8 Å². The second kappa shape index (κ2) is 4.61. The van der Waals surface area contributed by atoms with E-state index in [0.717, 1.165) is 28.9 Å². The Morgan fingerprint density at radius 1 is 1.33 bits per heavy atom. The highest BCUT2D eigenvalue weighted by Gasteiger charge is 2.30. The summed E-state index contributed by atoms with van der Waals surface area (Å²) in [5.41, 5.74) is 0. The minimum atomic E-state index is 0.150. The molecule has 3 nitrogen and oxygen atoms in total. The van der Waals surface area contributed by atoms with Gasteiger partial charge in [-0.1, -0.05) is 24.3 Å². The fourth-order valence-electron chi connectivity index (χ4n) is 2.34. The van der Waals surface area contributed by atoms with Gasteiger partial charge in [0.15, 0.2) is 0 Å². The van der Waals surface area contributed by atoms with Gasteiger partial charge in [-0.25, -0.2) is 4.98 Å². The van der Waals surface area contributed by atoms with Gasteiger partial charge in [-0.3, -0.25) is 9.69 Å². The Balaban J connectivity index is 1.97. The second-order valence-corrected chi connectivity index (χ2v) is 5.01. The van der Waals surface area contributed by atoms with Crippen LogP contribution in [-0.4, -0.2) is 23.2 Å². The predicted molar refractivity (Wildman–Crippen MR) is 76.1 cm³/mol. The minimum Gasteiger partial charge on any atom is -0.296 e. The molecule has 2 heterocycles. The number of carbonyl (C=O) groups excluding carboxylic acids is 1. The average Bonchev–Trinajstić information content (AvgIpc) is 2.79. The monoisotopic (exact) mass is 258 g/mol. The van der Waals surface area contributed by atoms with Gasteiger partial charge in [0.25, 0.3) is 0 Å². The van der Waals surface area contributed by atoms with E-state index in [1.54, 1.807) is 4.90 Å². The maximum atomic E-state index is 11.9. The number of aromatic nitrogens is 1. The van der Waals surface area contributed by atoms with E-state index in [4.69, 9.17) is 0 Å². The van der Waals surface area contributed by atoms with Gasteiger partial charge in [-0.05, 0) is 23.1 Å². The van der Waals surface area contributed by atoms with E-state index in [-0.39, 0.29) is 5.91 Å². The third kappa shape index (κ3) is 1.97. The first-order chi connectivity index (χ1) is 8.78. The standard InChI is InChI=1S/C14H14N2OS/c17-14-5-10(9-18)8-16(14)13-6-11-3-1-2-4-12(11)7-15-13/h1-4,6-7,10,18H,5,8-9H2. The van der Waals surface area contributed by atoms with Crippen molar-refractivity contribution in [3.63, 3.8) is 0 Å². The highest BCUT2D eigenvalue weighted by atomic mass is 32.1. The number of carbonyl (C=O) groups is 1. The summed E-state index contributed by atoms with van der Waals surface area (Å²) in [6.07, 6.45) is 2.41. The van der Waals surface area contributed by atoms with Crippen LogP contribution in [-0.2, 0) is 4.79 Å². The van der Waals surface area contributed by atoms with E-state index in [1.807, 2.05) is 36.5 Å². The Morgan fingerprint density at radius 2 is 2.11 bits per heavy atom. The molecule has 3 rings (SSSR count). The number of rotatable bonds is 2. The quantitative estimate of drug-likeness (QED) is 0.840. The van der Waals surface area contributed by atoms with Crippen LogP contribution < -0.4 is 4.90 Å². The van der Waals surface area contributed by atoms with E-state index in [2.05, 4.69) is 17.6 Å². The zero-order chi connectivity index (χ0) is 12.5. The molecule has 2 aromatic rings. The fraction of sp³-hybridized carbons (Fsp3) is 0.286. The Morgan fingerprint density at radius 3 is 2.83 bits per heavy atom. The van der Waals surface area contributed by atoms with Crippen LogP contribution in [0.3, 0.4) is 0 Å². The van der Waals surface area contributed by atoms with Crippen LogP contribution in [0, 0.1) is 5.92 Å². The lowest BCUT2D eigenvalue weighted by Gasteiger charge is -2.15. The lowest BCUT2D eigenvalue weighted by atomic mass is 10.1. The number of hydrogen-bond donors (Lipinski definition) is 1. The molecule has 1 aliphatic rings. The molecule has 1 saturated heterocycles. The molecule has 0 N–H and O–H groups in total. The number of amides is 1. The highest BCUT2D eigenvalue weighted by molar-refractivity contribution is 7.80. The Hall–Kier alpha value is -1.55. The molecule has 0 aliphatic carbocycles. The van der Waals surface area contributed by atoms with Gasteiger partial charge in [-0.2, -0.15) is 12.6 Å². The van der Waals surface area contributed by atoms with Crippen LogP contribution in [0.1, 0.15) is 6.42 Å². The topological polar surface area (TPSA) is 33.2 Å². The van der Waals surface area contributed by atoms with Crippen molar-refractivity contribution >= 4 is 35.1 Å². The molecule has 1 aromatic heterocycles. The lowest BCUT2D eigenvalue weighted by molar-refractivity contribution is -0.117. The number of benzene rings is 1. The number of anilines is 1. The largest absolute Gasteiger partial charge is 0.296 e. The van der Waals surface area contributed by atoms with Gasteiger partial charge in [0.2, 0.25) is 5.91 Å². The maximum Gasteiger partial charge on any atom is 0.228 e. The van der Waals surface area contributed by atoms with E-state index in [1.165, 1.54) is 0 Å². The average molecular weight is 258 g/mol. The van der Waals surface area contributed by atoms with Gasteiger partial charge in [0.05, 0.1) is 0 Å². The normalized spacial score (nSPS) is 19.7. The zero-order valence-electron chi connectivity index (χ0n) is 9.91. The molecule has 0 radical (unpaired) electrons. The smallest absolute Gasteiger partial charge is 0.228 e. The highest BCUT2D eigenvalue weighted by Crippen LogP contribution is 2.26. The minimum absolute atomic E-state index is 0.150. The van der Waals surface area contributed by atoms with Crippen LogP contribution in [0.15, 0.2) is 36.5 Å². The molecular formula is C14H14N2OS. The molecule has 1 amide bonds. The molecule has 1 aliphatic heterocycles. The molecule has 0 bridgehead atoms. The summed E-state index contributed by atoms with van der Waals surface area (Å²) in [5.74, 6) is 1.99. The van der Waals surface area contributed by atoms with E-state index in [0.29, 0.717) is 12.3 Å². The van der Waals surface area contributed by atoms with Crippen LogP contribution in [0.5, 0.6) is 0 Å². The first kappa shape index (κ1) is 11.5. The summed E-state index contributed by atoms with van der Waals surface area (Å²) >= 11 is 4.27. The number of fused-ring (bicyclic) bond motifs is 1. The van der Waals surface area contributed by atoms with E-state index in [9.17, 15) is 4.79 Å². The van der Waals surface area contributed by atoms with Crippen molar-refractivity contribution in [1.82, 2.24) is 4.98 Å². The SMILES string of the molecule is O=C1CC(CS)CN1c1cc2ccccc2cn1. The van der Waals surface area contributed by atoms with Gasteiger partial charge < -0.3 is 0 Å². The van der Waals surface area contributed by atoms with Gasteiger partial charge in [0.1, 0.15) is 5.82 Å². The summed E-state index contributed by atoms with van der Waals surface area (Å²) in [5, 5.41) is 2.21. The third-order valence-electron chi connectivity index (χ3n) is 3.36. The summed E-state index contributed by atoms with van der Waals surface area (Å²) < 4.78 is 0. The van der Waals surface area contributed by atoms with E-state index < -0.39 is 0 Å². The molecule has 1 unspecified atom stereocenters. The molecule has 18 heavy (non-hydrogen) atoms. The molecule has 1 atom stereocenters. The second-order valence-electron chi connectivity index (χ2n) is 4.65. The molecule has 0 spiro atoms. The first-order valence-corrected chi connectivity index (χ1v) is 6.67. The number of hydrogen-bond acceptors (Lipinski definition) is 3. The fourth-order valence-corrected chi connectivity index (χ4v) is 2.59. The van der Waals surface area contributed by atoms with Crippen molar-refractivity contribution in [3.05, 3.63) is 36.5 Å². The summed E-state index contributed by atoms with van der Waals surface area (Å²) in [4.78, 5) is 18.1. The molecule has 4 heteroatoms. The van der Waals surface area contributed by atoms with Crippen LogP contribution in [0.4, 0.5) is 5.82 Å². The molecule has 1 fully saturated rings. The predicted octanol–water partition coefficient (Wildman–Crippen LogP) is 2.52. The van der Waals surface area contributed by atoms with E-state index >= 15 is 0 Å². The van der Waals surface area contributed by atoms with Gasteiger partial charge >= 0.3 is 0 Å². The third-order valence-corrected chi connectivity index (χ3v) is 3.87. The Bertz CT molecular complexity index is 599. The molecular weight excluding hydrogens is 244 g/mol. The van der Waals surface area contributed by atoms with Crippen LogP contribution >= 0.6 is 12.6 Å². The lowest BCUT2D eigenvalue weighted by Crippen LogP contribution is -2.25. The van der Waals surface area contributed by atoms with Crippen molar-refractivity contribution in [1.29, 1.82) is 0 Å². The number of pyridine rings is 1. The van der Waals surface area contributed by atoms with Crippen LogP contribution in [0.2, 0.25) is 0 Å². The van der Waals surface area contributed by atoms with Crippen molar-refractivity contribution in [2.75, 3.05) is 17.2 Å². The zero-order valence-corrected chi connectivity index (χ0v) is 10.8. The van der Waals surface area contributed by atoms with Crippen molar-refractivity contribution in [2.24, 2.45) is 5.92 Å². The van der Waals surface area contributed by atoms with Crippen molar-refractivity contribution in [2.45, 2.75) is 6.42 Å². The first-order valence-electron chi connectivity index (χ1n) is 6.04. The van der Waals surface area contributed by atoms with Gasteiger partial charge in [-0.15, -0.1) is 0 Å². The molecule has 1 aromatic carbocycles. The van der Waals surface area contributed by atoms with Crippen molar-refractivity contribution < 1.29 is 4.79 Å². The summed E-state index contributed by atoms with van der Waals surface area (Å²) in [6.45, 7) is 0.730. The Labute approximate surface area is 111 Å². The Kier molecular flexibility index (Phi) is 2.96. The molecule has 0 saturated carbocycles.